The van der Waals surface area contributed by atoms with E-state index in [-0.39, 0.29) is 45.0 Å². The molecule has 10 nitrogen and oxygen atoms in total. The van der Waals surface area contributed by atoms with Crippen molar-refractivity contribution < 1.29 is 18.1 Å². The lowest BCUT2D eigenvalue weighted by atomic mass is 10.0. The van der Waals surface area contributed by atoms with Crippen LogP contribution < -0.4 is 4.42 Å². The van der Waals surface area contributed by atoms with Gasteiger partial charge in [0.15, 0.2) is 5.75 Å². The van der Waals surface area contributed by atoms with Crippen LogP contribution in [0.1, 0.15) is 11.4 Å². The van der Waals surface area contributed by atoms with Gasteiger partial charge < -0.3 is 5.11 Å². The van der Waals surface area contributed by atoms with Crippen molar-refractivity contribution in [3.8, 4) is 5.75 Å². The number of anilines is 2. The minimum atomic E-state index is -4.62. The fraction of sp³-hybridized carbons (Fsp3) is 0.0952. The van der Waals surface area contributed by atoms with Gasteiger partial charge >= 0.3 is 0 Å². The Labute approximate surface area is 204 Å². The largest absolute Gasteiger partial charge is 0.505 e. The molecule has 0 saturated heterocycles. The van der Waals surface area contributed by atoms with E-state index in [9.17, 15) is 18.1 Å². The van der Waals surface area contributed by atoms with Gasteiger partial charge in [0.2, 0.25) is 11.2 Å². The summed E-state index contributed by atoms with van der Waals surface area (Å²) in [6, 6.07) is 12.8. The van der Waals surface area contributed by atoms with Crippen molar-refractivity contribution >= 4 is 67.3 Å². The Kier molecular flexibility index (Phi) is 6.36. The summed E-state index contributed by atoms with van der Waals surface area (Å²) >= 11 is 12.4. The monoisotopic (exact) mass is 518 g/mol. The van der Waals surface area contributed by atoms with Crippen molar-refractivity contribution in [2.45, 2.75) is 18.7 Å². The number of nitrogens with zero attached hydrogens (tertiary/aromatic N) is 6. The second-order valence-corrected chi connectivity index (χ2v) is 9.27. The predicted molar refractivity (Wildman–Crippen MR) is 128 cm³/mol. The van der Waals surface area contributed by atoms with Gasteiger partial charge in [0, 0.05) is 11.8 Å². The third-order valence-electron chi connectivity index (χ3n) is 4.74. The average Bonchev–Trinajstić information content (AvgIpc) is 2.77. The lowest BCUT2D eigenvalue weighted by Gasteiger charge is -2.19. The molecule has 0 aliphatic rings. The summed E-state index contributed by atoms with van der Waals surface area (Å²) in [7, 11) is -4.62. The normalized spacial score (nSPS) is 11.9. The van der Waals surface area contributed by atoms with Crippen LogP contribution in [0.3, 0.4) is 0 Å². The molecule has 1 heterocycles. The Bertz CT molecular complexity index is 1530. The number of hydrogen-bond acceptors (Lipinski definition) is 9. The van der Waals surface area contributed by atoms with Gasteiger partial charge in [-0.1, -0.05) is 18.2 Å². The molecule has 0 saturated carbocycles. The Morgan fingerprint density at radius 3 is 2.35 bits per heavy atom. The zero-order valence-corrected chi connectivity index (χ0v) is 20.0. The van der Waals surface area contributed by atoms with E-state index in [0.717, 1.165) is 10.5 Å². The second-order valence-electron chi connectivity index (χ2n) is 7.17. The first-order valence-electron chi connectivity index (χ1n) is 9.63. The van der Waals surface area contributed by atoms with E-state index in [0.29, 0.717) is 11.3 Å². The van der Waals surface area contributed by atoms with E-state index in [1.54, 1.807) is 44.2 Å². The first kappa shape index (κ1) is 23.8. The van der Waals surface area contributed by atoms with Crippen LogP contribution in [0, 0.1) is 13.8 Å². The highest BCUT2D eigenvalue weighted by molar-refractivity contribution is 7.85. The van der Waals surface area contributed by atoms with Crippen LogP contribution in [0.15, 0.2) is 63.7 Å². The molecular formula is C21H16Cl2N6O4S. The number of aromatic hydroxyl groups is 1. The fourth-order valence-corrected chi connectivity index (χ4v) is 4.21. The molecule has 0 atom stereocenters. The highest BCUT2D eigenvalue weighted by atomic mass is 35.5. The number of halogens is 2. The van der Waals surface area contributed by atoms with E-state index in [4.69, 9.17) is 23.4 Å². The third kappa shape index (κ3) is 4.77. The fourth-order valence-electron chi connectivity index (χ4n) is 3.26. The lowest BCUT2D eigenvalue weighted by molar-refractivity contribution is 0.480. The van der Waals surface area contributed by atoms with Crippen LogP contribution in [0.5, 0.6) is 5.75 Å². The first-order valence-corrected chi connectivity index (χ1v) is 11.8. The quantitative estimate of drug-likeness (QED) is 0.187. The SMILES string of the molecule is Cc1nc(Cl)nc(N(Cl)c2cc(S(=O)(=O)O)cc3cc(C)c(N=Nc4ccccc4)c(O)c23)n1. The Morgan fingerprint density at radius 2 is 1.71 bits per heavy atom. The van der Waals surface area contributed by atoms with Crippen molar-refractivity contribution in [2.75, 3.05) is 4.42 Å². The van der Waals surface area contributed by atoms with Crippen LogP contribution in [0.25, 0.3) is 10.8 Å². The van der Waals surface area contributed by atoms with Gasteiger partial charge in [-0.15, -0.1) is 5.11 Å². The van der Waals surface area contributed by atoms with E-state index >= 15 is 0 Å². The molecule has 0 amide bonds. The summed E-state index contributed by atoms with van der Waals surface area (Å²) in [5.74, 6) is -0.178. The molecule has 4 aromatic rings. The average molecular weight is 519 g/mol. The molecular weight excluding hydrogens is 503 g/mol. The number of phenols is 1. The Balaban J connectivity index is 1.99. The molecule has 0 aliphatic carbocycles. The van der Waals surface area contributed by atoms with Gasteiger partial charge in [-0.2, -0.15) is 23.5 Å². The number of benzene rings is 3. The number of phenolic OH excluding ortho intramolecular Hbond substituents is 1. The summed E-state index contributed by atoms with van der Waals surface area (Å²) in [4.78, 5) is 11.5. The highest BCUT2D eigenvalue weighted by Crippen LogP contribution is 2.46. The molecule has 0 bridgehead atoms. The number of rotatable bonds is 5. The van der Waals surface area contributed by atoms with E-state index in [1.165, 1.54) is 6.07 Å². The number of hydrogen-bond donors (Lipinski definition) is 2. The van der Waals surface area contributed by atoms with E-state index < -0.39 is 15.0 Å². The molecule has 34 heavy (non-hydrogen) atoms. The van der Waals surface area contributed by atoms with Crippen molar-refractivity contribution in [3.05, 3.63) is 65.2 Å². The lowest BCUT2D eigenvalue weighted by Crippen LogP contribution is -2.10. The van der Waals surface area contributed by atoms with Gasteiger partial charge in [0.25, 0.3) is 10.1 Å². The molecule has 0 aliphatic heterocycles. The predicted octanol–water partition coefficient (Wildman–Crippen LogP) is 5.95. The van der Waals surface area contributed by atoms with Crippen LogP contribution in [-0.2, 0) is 10.1 Å². The molecule has 1 aromatic heterocycles. The molecule has 0 fully saturated rings. The minimum absolute atomic E-state index is 0.0397. The number of aromatic nitrogens is 3. The van der Waals surface area contributed by atoms with Crippen molar-refractivity contribution in [1.29, 1.82) is 0 Å². The Hall–Kier alpha value is -3.38. The number of azo groups is 1. The molecule has 0 unspecified atom stereocenters. The molecule has 3 aromatic carbocycles. The summed E-state index contributed by atoms with van der Waals surface area (Å²) in [6.45, 7) is 3.24. The number of aryl methyl sites for hydroxylation is 2. The number of fused-ring (bicyclic) bond motifs is 1. The van der Waals surface area contributed by atoms with Gasteiger partial charge in [-0.3, -0.25) is 4.55 Å². The summed E-state index contributed by atoms with van der Waals surface area (Å²) in [5, 5.41) is 19.7. The molecule has 0 radical (unpaired) electrons. The van der Waals surface area contributed by atoms with Gasteiger partial charge in [0.1, 0.15) is 11.5 Å². The van der Waals surface area contributed by atoms with E-state index in [2.05, 4.69) is 25.2 Å². The van der Waals surface area contributed by atoms with Gasteiger partial charge in [0.05, 0.1) is 21.7 Å². The summed E-state index contributed by atoms with van der Waals surface area (Å²) in [5.41, 5.74) is 1.18. The molecule has 13 heteroatoms. The van der Waals surface area contributed by atoms with Crippen LogP contribution >= 0.6 is 23.4 Å². The van der Waals surface area contributed by atoms with Crippen molar-refractivity contribution in [2.24, 2.45) is 10.2 Å². The molecule has 0 spiro atoms. The first-order chi connectivity index (χ1) is 16.0. The van der Waals surface area contributed by atoms with Crippen molar-refractivity contribution in [3.63, 3.8) is 0 Å². The maximum Gasteiger partial charge on any atom is 0.294 e. The van der Waals surface area contributed by atoms with Crippen molar-refractivity contribution in [1.82, 2.24) is 15.0 Å². The minimum Gasteiger partial charge on any atom is -0.505 e. The van der Waals surface area contributed by atoms with Gasteiger partial charge in [-0.05, 0) is 66.7 Å². The smallest absolute Gasteiger partial charge is 0.294 e. The van der Waals surface area contributed by atoms with Gasteiger partial charge in [-0.25, -0.2) is 9.40 Å². The zero-order chi connectivity index (χ0) is 24.6. The standard InChI is InChI=1S/C21H16Cl2N6O4S/c1-11-8-13-9-15(34(31,32)33)10-16(29(23)21-25-12(2)24-20(22)26-21)17(13)19(30)18(11)28-27-14-6-4-3-5-7-14/h3-10,30H,1-2H3,(H,31,32,33). The van der Waals surface area contributed by atoms with E-state index in [1.807, 2.05) is 6.07 Å². The van der Waals surface area contributed by atoms with Crippen LogP contribution in [0.4, 0.5) is 23.0 Å². The Morgan fingerprint density at radius 1 is 1.00 bits per heavy atom. The second kappa shape index (κ2) is 9.11. The van der Waals surface area contributed by atoms with Crippen LogP contribution in [-0.4, -0.2) is 33.0 Å². The topological polar surface area (TPSA) is 141 Å². The summed E-state index contributed by atoms with van der Waals surface area (Å²) < 4.78 is 34.4. The molecule has 174 valence electrons. The van der Waals surface area contributed by atoms with Crippen LogP contribution in [0.2, 0.25) is 5.28 Å². The third-order valence-corrected chi connectivity index (χ3v) is 6.08. The maximum atomic E-state index is 11.9. The summed E-state index contributed by atoms with van der Waals surface area (Å²) in [6.07, 6.45) is 0. The maximum absolute atomic E-state index is 11.9. The molecule has 2 N–H and O–H groups in total. The zero-order valence-electron chi connectivity index (χ0n) is 17.7. The molecule has 4 rings (SSSR count). The highest BCUT2D eigenvalue weighted by Gasteiger charge is 2.24.